The Balaban J connectivity index is 2.05. The smallest absolute Gasteiger partial charge is 0.328 e. The van der Waals surface area contributed by atoms with Crippen LogP contribution in [0.25, 0.3) is 0 Å². The largest absolute Gasteiger partial charge is 0.370 e. The van der Waals surface area contributed by atoms with E-state index in [1.807, 2.05) is 32.0 Å². The predicted octanol–water partition coefficient (Wildman–Crippen LogP) is 2.87. The number of urea groups is 1. The van der Waals surface area contributed by atoms with E-state index in [2.05, 4.69) is 22.5 Å². The van der Waals surface area contributed by atoms with Crippen molar-refractivity contribution in [2.45, 2.75) is 39.2 Å². The Bertz CT molecular complexity index is 586. The Morgan fingerprint density at radius 3 is 2.59 bits per heavy atom. The molecule has 118 valence electrons. The molecule has 0 radical (unpaired) electrons. The Labute approximate surface area is 131 Å². The van der Waals surface area contributed by atoms with Gasteiger partial charge in [-0.1, -0.05) is 30.4 Å². The van der Waals surface area contributed by atoms with E-state index < -0.39 is 0 Å². The normalized spacial score (nSPS) is 18.1. The Morgan fingerprint density at radius 2 is 2.00 bits per heavy atom. The number of carbonyl (C=O) groups is 1. The number of nitrogens with one attached hydrogen (secondary N) is 1. The first-order chi connectivity index (χ1) is 10.5. The minimum Gasteiger partial charge on any atom is -0.370 e. The summed E-state index contributed by atoms with van der Waals surface area (Å²) in [5.41, 5.74) is 8.86. The first kappa shape index (κ1) is 16.1. The Hall–Kier alpha value is -2.30. The van der Waals surface area contributed by atoms with Gasteiger partial charge in [-0.05, 0) is 44.2 Å². The number of carbonyl (C=O) groups excluding carboxylic acids is 1. The molecule has 22 heavy (non-hydrogen) atoms. The molecule has 5 heteroatoms. The number of benzene rings is 1. The van der Waals surface area contributed by atoms with Crippen molar-refractivity contribution in [2.24, 2.45) is 10.7 Å². The van der Waals surface area contributed by atoms with Crippen molar-refractivity contribution in [1.82, 2.24) is 5.32 Å². The zero-order valence-electron chi connectivity index (χ0n) is 13.5. The molecule has 0 fully saturated rings. The van der Waals surface area contributed by atoms with Gasteiger partial charge < -0.3 is 5.73 Å². The van der Waals surface area contributed by atoms with Gasteiger partial charge >= 0.3 is 6.03 Å². The topological polar surface area (TPSA) is 70.7 Å². The quantitative estimate of drug-likeness (QED) is 0.501. The summed E-state index contributed by atoms with van der Waals surface area (Å²) in [5.74, 6) is 0.184. The molecule has 0 heterocycles. The molecule has 3 N–H and O–H groups in total. The van der Waals surface area contributed by atoms with Crippen LogP contribution in [0.15, 0.2) is 35.3 Å². The van der Waals surface area contributed by atoms with Gasteiger partial charge in [-0.25, -0.2) is 9.79 Å². The van der Waals surface area contributed by atoms with E-state index in [0.29, 0.717) is 0 Å². The van der Waals surface area contributed by atoms with Gasteiger partial charge in [-0.2, -0.15) is 0 Å². The molecule has 1 aromatic rings. The molecule has 1 unspecified atom stereocenters. The number of amides is 2. The van der Waals surface area contributed by atoms with E-state index >= 15 is 0 Å². The summed E-state index contributed by atoms with van der Waals surface area (Å²) < 4.78 is 0. The molecule has 1 aromatic carbocycles. The number of nitrogens with two attached hydrogens (primary N) is 1. The van der Waals surface area contributed by atoms with E-state index in [1.165, 1.54) is 0 Å². The third-order valence-corrected chi connectivity index (χ3v) is 3.88. The second kappa shape index (κ2) is 7.11. The number of guanidine groups is 1. The SMILES string of the molecule is Cc1cccc(C)c1N(C)C(=O)NC(N)=NC1CC=CCC1. The monoisotopic (exact) mass is 300 g/mol. The van der Waals surface area contributed by atoms with Gasteiger partial charge in [0, 0.05) is 7.05 Å². The predicted molar refractivity (Wildman–Crippen MR) is 91.3 cm³/mol. The van der Waals surface area contributed by atoms with Gasteiger partial charge in [0.1, 0.15) is 0 Å². The van der Waals surface area contributed by atoms with Gasteiger partial charge in [0.05, 0.1) is 11.7 Å². The molecular formula is C17H24N4O. The molecule has 5 nitrogen and oxygen atoms in total. The average Bonchev–Trinajstić information content (AvgIpc) is 2.47. The number of aliphatic imine (C=N–C) groups is 1. The minimum atomic E-state index is -0.273. The number of para-hydroxylation sites is 1. The van der Waals surface area contributed by atoms with E-state index in [1.54, 1.807) is 11.9 Å². The Kier molecular flexibility index (Phi) is 5.20. The van der Waals surface area contributed by atoms with Crippen LogP contribution in [0.1, 0.15) is 30.4 Å². The van der Waals surface area contributed by atoms with E-state index in [0.717, 1.165) is 36.1 Å². The molecular weight excluding hydrogens is 276 g/mol. The van der Waals surface area contributed by atoms with Crippen LogP contribution in [0, 0.1) is 13.8 Å². The Morgan fingerprint density at radius 1 is 1.32 bits per heavy atom. The van der Waals surface area contributed by atoms with Crippen molar-refractivity contribution in [3.63, 3.8) is 0 Å². The fraction of sp³-hybridized carbons (Fsp3) is 0.412. The molecule has 0 aromatic heterocycles. The van der Waals surface area contributed by atoms with Crippen molar-refractivity contribution >= 4 is 17.7 Å². The molecule has 0 saturated carbocycles. The van der Waals surface area contributed by atoms with E-state index in [4.69, 9.17) is 5.73 Å². The first-order valence-corrected chi connectivity index (χ1v) is 7.58. The molecule has 0 bridgehead atoms. The third-order valence-electron chi connectivity index (χ3n) is 3.88. The minimum absolute atomic E-state index is 0.163. The molecule has 1 aliphatic rings. The summed E-state index contributed by atoms with van der Waals surface area (Å²) in [6, 6.07) is 5.84. The van der Waals surface area contributed by atoms with Crippen molar-refractivity contribution in [2.75, 3.05) is 11.9 Å². The van der Waals surface area contributed by atoms with Gasteiger partial charge in [0.2, 0.25) is 0 Å². The zero-order valence-corrected chi connectivity index (χ0v) is 13.5. The summed E-state index contributed by atoms with van der Waals surface area (Å²) in [4.78, 5) is 18.3. The van der Waals surface area contributed by atoms with Crippen molar-refractivity contribution < 1.29 is 4.79 Å². The number of nitrogens with zero attached hydrogens (tertiary/aromatic N) is 2. The number of allylic oxidation sites excluding steroid dienone is 1. The van der Waals surface area contributed by atoms with E-state index in [9.17, 15) is 4.79 Å². The fourth-order valence-electron chi connectivity index (χ4n) is 2.75. The number of hydrogen-bond donors (Lipinski definition) is 2. The number of aryl methyl sites for hydroxylation is 2. The highest BCUT2D eigenvalue weighted by molar-refractivity contribution is 6.03. The van der Waals surface area contributed by atoms with Crippen LogP contribution in [0.5, 0.6) is 0 Å². The standard InChI is InChI=1S/C17H24N4O/c1-12-8-7-9-13(2)15(12)21(3)17(22)20-16(18)19-14-10-5-4-6-11-14/h4-5,7-9,14H,6,10-11H2,1-3H3,(H3,18,19,20,22). The second-order valence-corrected chi connectivity index (χ2v) is 5.68. The summed E-state index contributed by atoms with van der Waals surface area (Å²) in [6.07, 6.45) is 7.12. The van der Waals surface area contributed by atoms with Crippen LogP contribution in [-0.2, 0) is 0 Å². The van der Waals surface area contributed by atoms with E-state index in [-0.39, 0.29) is 18.0 Å². The van der Waals surface area contributed by atoms with Crippen LogP contribution in [-0.4, -0.2) is 25.1 Å². The molecule has 2 amide bonds. The molecule has 0 aliphatic heterocycles. The summed E-state index contributed by atoms with van der Waals surface area (Å²) in [5, 5.41) is 2.67. The molecule has 0 spiro atoms. The summed E-state index contributed by atoms with van der Waals surface area (Å²) in [7, 11) is 1.74. The van der Waals surface area contributed by atoms with Crippen LogP contribution < -0.4 is 16.0 Å². The van der Waals surface area contributed by atoms with Crippen molar-refractivity contribution in [1.29, 1.82) is 0 Å². The molecule has 0 saturated heterocycles. The maximum absolute atomic E-state index is 12.3. The molecule has 1 atom stereocenters. The lowest BCUT2D eigenvalue weighted by Gasteiger charge is -2.22. The lowest BCUT2D eigenvalue weighted by atomic mass is 10.0. The highest BCUT2D eigenvalue weighted by atomic mass is 16.2. The third kappa shape index (κ3) is 3.87. The van der Waals surface area contributed by atoms with Gasteiger partial charge in [0.25, 0.3) is 0 Å². The van der Waals surface area contributed by atoms with Crippen LogP contribution >= 0.6 is 0 Å². The maximum Gasteiger partial charge on any atom is 0.328 e. The maximum atomic E-state index is 12.3. The fourth-order valence-corrected chi connectivity index (χ4v) is 2.75. The number of hydrogen-bond acceptors (Lipinski definition) is 2. The van der Waals surface area contributed by atoms with Gasteiger partial charge in [0.15, 0.2) is 5.96 Å². The first-order valence-electron chi connectivity index (χ1n) is 7.58. The number of rotatable bonds is 2. The molecule has 2 rings (SSSR count). The average molecular weight is 300 g/mol. The van der Waals surface area contributed by atoms with Crippen LogP contribution in [0.3, 0.4) is 0 Å². The summed E-state index contributed by atoms with van der Waals surface area (Å²) in [6.45, 7) is 3.97. The molecule has 1 aliphatic carbocycles. The highest BCUT2D eigenvalue weighted by Gasteiger charge is 2.16. The van der Waals surface area contributed by atoms with Crippen LogP contribution in [0.4, 0.5) is 10.5 Å². The van der Waals surface area contributed by atoms with Gasteiger partial charge in [-0.15, -0.1) is 0 Å². The van der Waals surface area contributed by atoms with Crippen LogP contribution in [0.2, 0.25) is 0 Å². The zero-order chi connectivity index (χ0) is 16.1. The summed E-state index contributed by atoms with van der Waals surface area (Å²) >= 11 is 0. The van der Waals surface area contributed by atoms with Crippen molar-refractivity contribution in [3.8, 4) is 0 Å². The highest BCUT2D eigenvalue weighted by Crippen LogP contribution is 2.23. The van der Waals surface area contributed by atoms with Gasteiger partial charge in [-0.3, -0.25) is 10.2 Å². The van der Waals surface area contributed by atoms with Crippen molar-refractivity contribution in [3.05, 3.63) is 41.5 Å². The second-order valence-electron chi connectivity index (χ2n) is 5.68. The lowest BCUT2D eigenvalue weighted by molar-refractivity contribution is 0.251. The lowest BCUT2D eigenvalue weighted by Crippen LogP contribution is -2.45. The number of anilines is 1.